The summed E-state index contributed by atoms with van der Waals surface area (Å²) >= 11 is 0. The number of nitrogens with zero attached hydrogens (tertiary/aromatic N) is 6. The van der Waals surface area contributed by atoms with Crippen LogP contribution in [0.15, 0.2) is 48.5 Å². The van der Waals surface area contributed by atoms with Crippen LogP contribution in [0.25, 0.3) is 22.3 Å². The van der Waals surface area contributed by atoms with E-state index < -0.39 is 11.7 Å². The van der Waals surface area contributed by atoms with Gasteiger partial charge in [0.1, 0.15) is 11.4 Å². The van der Waals surface area contributed by atoms with Gasteiger partial charge >= 0.3 is 0 Å². The van der Waals surface area contributed by atoms with E-state index in [1.807, 2.05) is 6.07 Å². The largest absolute Gasteiger partial charge is 0.496 e. The minimum atomic E-state index is -0.719. The van der Waals surface area contributed by atoms with Gasteiger partial charge in [-0.05, 0) is 83.1 Å². The molecule has 0 atom stereocenters. The van der Waals surface area contributed by atoms with Crippen molar-refractivity contribution in [2.24, 2.45) is 0 Å². The molecule has 1 amide bonds. The molecule has 244 valence electrons. The van der Waals surface area contributed by atoms with Gasteiger partial charge in [0.05, 0.1) is 29.8 Å². The van der Waals surface area contributed by atoms with E-state index in [0.29, 0.717) is 35.8 Å². The number of para-hydroxylation sites is 1. The van der Waals surface area contributed by atoms with Gasteiger partial charge in [-0.2, -0.15) is 0 Å². The summed E-state index contributed by atoms with van der Waals surface area (Å²) in [5, 5.41) is 13.2. The van der Waals surface area contributed by atoms with Crippen molar-refractivity contribution < 1.29 is 19.0 Å². The van der Waals surface area contributed by atoms with Crippen LogP contribution < -0.4 is 15.0 Å². The Morgan fingerprint density at radius 2 is 1.78 bits per heavy atom. The van der Waals surface area contributed by atoms with Crippen LogP contribution in [0.4, 0.5) is 16.0 Å². The summed E-state index contributed by atoms with van der Waals surface area (Å²) in [5.74, 6) is -0.471. The van der Waals surface area contributed by atoms with E-state index >= 15 is 4.39 Å². The number of hydrogen-bond acceptors (Lipinski definition) is 8. The van der Waals surface area contributed by atoms with E-state index in [-0.39, 0.29) is 23.4 Å². The molecule has 2 aromatic heterocycles. The zero-order valence-electron chi connectivity index (χ0n) is 27.2. The second-order valence-corrected chi connectivity index (χ2v) is 12.7. The molecule has 11 heteroatoms. The first kappa shape index (κ1) is 31.9. The summed E-state index contributed by atoms with van der Waals surface area (Å²) in [6.45, 7) is 7.70. The number of anilines is 2. The van der Waals surface area contributed by atoms with E-state index in [2.05, 4.69) is 55.8 Å². The minimum absolute atomic E-state index is 0.0370. The van der Waals surface area contributed by atoms with E-state index in [4.69, 9.17) is 9.72 Å². The fourth-order valence-electron chi connectivity index (χ4n) is 6.63. The van der Waals surface area contributed by atoms with Crippen LogP contribution in [0.5, 0.6) is 5.75 Å². The molecule has 46 heavy (non-hydrogen) atoms. The number of likely N-dealkylation sites (N-methyl/N-ethyl adjacent to an activating group) is 1. The smallest absolute Gasteiger partial charge is 0.261 e. The third-order valence-corrected chi connectivity index (χ3v) is 9.22. The molecule has 0 spiro atoms. The fourth-order valence-corrected chi connectivity index (χ4v) is 6.63. The molecule has 1 aliphatic carbocycles. The second kappa shape index (κ2) is 13.7. The third kappa shape index (κ3) is 6.72. The maximum atomic E-state index is 16.0. The second-order valence-electron chi connectivity index (χ2n) is 12.7. The molecule has 0 bridgehead atoms. The highest BCUT2D eigenvalue weighted by atomic mass is 19.1. The Morgan fingerprint density at radius 1 is 1.04 bits per heavy atom. The molecule has 2 aliphatic rings. The zero-order chi connectivity index (χ0) is 32.4. The number of halogens is 1. The molecule has 2 fully saturated rings. The highest BCUT2D eigenvalue weighted by Crippen LogP contribution is 2.37. The lowest BCUT2D eigenvalue weighted by Crippen LogP contribution is -2.48. The lowest BCUT2D eigenvalue weighted by Gasteiger charge is -2.36. The van der Waals surface area contributed by atoms with Crippen LogP contribution in [0, 0.1) is 12.7 Å². The number of pyridine rings is 1. The predicted molar refractivity (Wildman–Crippen MR) is 179 cm³/mol. The van der Waals surface area contributed by atoms with E-state index in [1.165, 1.54) is 13.2 Å². The Labute approximate surface area is 269 Å². The van der Waals surface area contributed by atoms with Crippen molar-refractivity contribution in [1.29, 1.82) is 0 Å². The van der Waals surface area contributed by atoms with Gasteiger partial charge in [0.25, 0.3) is 5.91 Å². The van der Waals surface area contributed by atoms with Gasteiger partial charge in [0, 0.05) is 62.3 Å². The van der Waals surface area contributed by atoms with E-state index in [0.717, 1.165) is 68.8 Å². The SMILES string of the molecule is COc1ccccc1-c1nc(C)cc(C(=O)Nc2nc3ccc(N4CCN(CCN(C)C)CC4)cc3n2C2CCC(O)CC2)c1F. The minimum Gasteiger partial charge on any atom is -0.496 e. The molecular weight excluding hydrogens is 585 g/mol. The Hall–Kier alpha value is -4.06. The van der Waals surface area contributed by atoms with Crippen LogP contribution in [-0.4, -0.2) is 102 Å². The molecule has 0 unspecified atom stereocenters. The van der Waals surface area contributed by atoms with Crippen LogP contribution >= 0.6 is 0 Å². The number of aliphatic hydroxyl groups is 1. The van der Waals surface area contributed by atoms with Gasteiger partial charge < -0.3 is 24.2 Å². The summed E-state index contributed by atoms with van der Waals surface area (Å²) in [5.41, 5.74) is 3.73. The number of imidazole rings is 1. The van der Waals surface area contributed by atoms with Gasteiger partial charge in [-0.25, -0.2) is 14.4 Å². The third-order valence-electron chi connectivity index (χ3n) is 9.22. The zero-order valence-corrected chi connectivity index (χ0v) is 27.2. The number of methoxy groups -OCH3 is 1. The Kier molecular flexibility index (Phi) is 9.53. The molecule has 1 saturated heterocycles. The van der Waals surface area contributed by atoms with Crippen molar-refractivity contribution in [3.8, 4) is 17.0 Å². The van der Waals surface area contributed by atoms with Crippen molar-refractivity contribution in [3.63, 3.8) is 0 Å². The van der Waals surface area contributed by atoms with Crippen molar-refractivity contribution in [3.05, 3.63) is 65.6 Å². The number of aryl methyl sites for hydroxylation is 1. The van der Waals surface area contributed by atoms with Crippen molar-refractivity contribution >= 4 is 28.6 Å². The topological polar surface area (TPSA) is 99.0 Å². The van der Waals surface area contributed by atoms with Crippen molar-refractivity contribution in [2.75, 3.05) is 70.7 Å². The van der Waals surface area contributed by atoms with Crippen LogP contribution in [0.2, 0.25) is 0 Å². The molecule has 0 radical (unpaired) electrons. The molecule has 1 aliphatic heterocycles. The molecule has 6 rings (SSSR count). The number of amides is 1. The number of nitrogens with one attached hydrogen (secondary N) is 1. The number of carbonyl (C=O) groups is 1. The first-order chi connectivity index (χ1) is 22.2. The van der Waals surface area contributed by atoms with Gasteiger partial charge in [-0.3, -0.25) is 15.0 Å². The van der Waals surface area contributed by atoms with Gasteiger partial charge in [-0.15, -0.1) is 0 Å². The van der Waals surface area contributed by atoms with Crippen molar-refractivity contribution in [1.82, 2.24) is 24.3 Å². The first-order valence-electron chi connectivity index (χ1n) is 16.2. The number of aromatic nitrogens is 3. The average Bonchev–Trinajstić information content (AvgIpc) is 3.42. The quantitative estimate of drug-likeness (QED) is 0.268. The Morgan fingerprint density at radius 3 is 2.50 bits per heavy atom. The molecule has 10 nitrogen and oxygen atoms in total. The summed E-state index contributed by atoms with van der Waals surface area (Å²) in [7, 11) is 5.73. The van der Waals surface area contributed by atoms with Crippen LogP contribution in [0.1, 0.15) is 47.8 Å². The number of hydrogen-bond donors (Lipinski definition) is 2. The number of aliphatic hydroxyl groups excluding tert-OH is 1. The summed E-state index contributed by atoms with van der Waals surface area (Å²) in [4.78, 5) is 30.2. The summed E-state index contributed by atoms with van der Waals surface area (Å²) < 4.78 is 23.6. The lowest BCUT2D eigenvalue weighted by atomic mass is 9.93. The van der Waals surface area contributed by atoms with Gasteiger partial charge in [0.15, 0.2) is 5.82 Å². The molecule has 2 N–H and O–H groups in total. The standard InChI is InChI=1S/C35H44FN7O3/c1-23-21-28(32(36)33(37-23)27-7-5-6-8-31(27)46-4)34(45)39-35-38-29-14-11-25(42-19-17-41(18-20-42)16-15-40(2)3)22-30(29)43(35)24-9-12-26(44)13-10-24/h5-8,11,14,21-22,24,26,44H,9-10,12-13,15-20H2,1-4H3,(H,38,39,45). The van der Waals surface area contributed by atoms with Crippen molar-refractivity contribution in [2.45, 2.75) is 44.8 Å². The normalized spacial score (nSPS) is 19.2. The van der Waals surface area contributed by atoms with E-state index in [9.17, 15) is 9.90 Å². The monoisotopic (exact) mass is 629 g/mol. The molecule has 3 heterocycles. The maximum Gasteiger partial charge on any atom is 0.261 e. The highest BCUT2D eigenvalue weighted by molar-refractivity contribution is 6.05. The van der Waals surface area contributed by atoms with Gasteiger partial charge in [-0.1, -0.05) is 12.1 Å². The molecule has 2 aromatic carbocycles. The highest BCUT2D eigenvalue weighted by Gasteiger charge is 2.28. The summed E-state index contributed by atoms with van der Waals surface area (Å²) in [6, 6.07) is 14.8. The van der Waals surface area contributed by atoms with Crippen LogP contribution in [0.3, 0.4) is 0 Å². The maximum absolute atomic E-state index is 16.0. The van der Waals surface area contributed by atoms with Gasteiger partial charge in [0.2, 0.25) is 5.95 Å². The first-order valence-corrected chi connectivity index (χ1v) is 16.2. The average molecular weight is 630 g/mol. The number of carbonyl (C=O) groups excluding carboxylic acids is 1. The number of benzene rings is 2. The number of ether oxygens (including phenoxy) is 1. The fraction of sp³-hybridized carbons (Fsp3) is 0.457. The van der Waals surface area contributed by atoms with Crippen LogP contribution in [-0.2, 0) is 0 Å². The molecule has 4 aromatic rings. The predicted octanol–water partition coefficient (Wildman–Crippen LogP) is 4.97. The van der Waals surface area contributed by atoms with E-state index in [1.54, 1.807) is 31.2 Å². The number of piperazine rings is 1. The summed E-state index contributed by atoms with van der Waals surface area (Å²) in [6.07, 6.45) is 2.53. The number of rotatable bonds is 9. The number of fused-ring (bicyclic) bond motifs is 1. The Bertz CT molecular complexity index is 1690. The molecular formula is C35H44FN7O3. The Balaban J connectivity index is 1.32. The lowest BCUT2D eigenvalue weighted by molar-refractivity contribution is 0.101. The molecule has 1 saturated carbocycles.